The van der Waals surface area contributed by atoms with Crippen LogP contribution in [0, 0.1) is 5.92 Å². The maximum atomic E-state index is 6.05. The number of thiophene rings is 1. The van der Waals surface area contributed by atoms with E-state index in [4.69, 9.17) is 11.6 Å². The zero-order valence-corrected chi connectivity index (χ0v) is 14.1. The van der Waals surface area contributed by atoms with Gasteiger partial charge in [-0.3, -0.25) is 0 Å². The Morgan fingerprint density at radius 3 is 2.74 bits per heavy atom. The second kappa shape index (κ2) is 6.89. The molecule has 0 amide bonds. The minimum Gasteiger partial charge on any atom is -0.305 e. The van der Waals surface area contributed by atoms with Crippen molar-refractivity contribution in [3.8, 4) is 0 Å². The fraction of sp³-hybridized carbons (Fsp3) is 0.333. The minimum atomic E-state index is 0.380. The number of nitrogens with one attached hydrogen (secondary N) is 1. The van der Waals surface area contributed by atoms with E-state index in [9.17, 15) is 0 Å². The SMILES string of the molecule is CC(C)C(NCc1cc(Cl)ccc1Br)c1cccs1. The Hall–Kier alpha value is -0.350. The highest BCUT2D eigenvalue weighted by Crippen LogP contribution is 2.27. The molecule has 1 aromatic carbocycles. The average Bonchev–Trinajstić information content (AvgIpc) is 2.87. The number of rotatable bonds is 5. The van der Waals surface area contributed by atoms with Crippen molar-refractivity contribution in [3.05, 3.63) is 55.6 Å². The Morgan fingerprint density at radius 2 is 2.11 bits per heavy atom. The van der Waals surface area contributed by atoms with Crippen LogP contribution in [0.1, 0.15) is 30.3 Å². The van der Waals surface area contributed by atoms with Crippen molar-refractivity contribution in [2.75, 3.05) is 0 Å². The standard InChI is InChI=1S/C15H17BrClNS/c1-10(2)15(14-4-3-7-19-14)18-9-11-8-12(17)5-6-13(11)16/h3-8,10,15,18H,9H2,1-2H3. The van der Waals surface area contributed by atoms with Crippen LogP contribution < -0.4 is 5.32 Å². The Kier molecular flexibility index (Phi) is 5.46. The molecule has 0 spiro atoms. The molecule has 0 saturated heterocycles. The summed E-state index contributed by atoms with van der Waals surface area (Å²) in [7, 11) is 0. The van der Waals surface area contributed by atoms with Gasteiger partial charge in [0, 0.05) is 27.0 Å². The molecule has 1 nitrogen and oxygen atoms in total. The van der Waals surface area contributed by atoms with Crippen LogP contribution in [0.15, 0.2) is 40.2 Å². The first-order valence-electron chi connectivity index (χ1n) is 6.28. The van der Waals surface area contributed by atoms with Gasteiger partial charge >= 0.3 is 0 Å². The van der Waals surface area contributed by atoms with Crippen LogP contribution in [-0.2, 0) is 6.54 Å². The summed E-state index contributed by atoms with van der Waals surface area (Å²) in [5, 5.41) is 6.53. The monoisotopic (exact) mass is 357 g/mol. The fourth-order valence-electron chi connectivity index (χ4n) is 2.03. The molecule has 0 aliphatic carbocycles. The first-order valence-corrected chi connectivity index (χ1v) is 8.33. The maximum Gasteiger partial charge on any atom is 0.0440 e. The van der Waals surface area contributed by atoms with Crippen LogP contribution in [0.4, 0.5) is 0 Å². The lowest BCUT2D eigenvalue weighted by atomic mass is 10.0. The molecule has 0 aliphatic rings. The molecule has 0 radical (unpaired) electrons. The Balaban J connectivity index is 2.09. The van der Waals surface area contributed by atoms with Gasteiger partial charge in [0.2, 0.25) is 0 Å². The van der Waals surface area contributed by atoms with Crippen molar-refractivity contribution in [1.29, 1.82) is 0 Å². The average molecular weight is 359 g/mol. The summed E-state index contributed by atoms with van der Waals surface area (Å²) in [5.41, 5.74) is 1.19. The van der Waals surface area contributed by atoms with Gasteiger partial charge in [-0.05, 0) is 41.1 Å². The highest BCUT2D eigenvalue weighted by molar-refractivity contribution is 9.10. The van der Waals surface area contributed by atoms with E-state index in [0.717, 1.165) is 16.0 Å². The highest BCUT2D eigenvalue weighted by Gasteiger charge is 2.16. The van der Waals surface area contributed by atoms with Gasteiger partial charge in [0.25, 0.3) is 0 Å². The highest BCUT2D eigenvalue weighted by atomic mass is 79.9. The molecule has 0 aliphatic heterocycles. The van der Waals surface area contributed by atoms with Crippen molar-refractivity contribution < 1.29 is 0 Å². The van der Waals surface area contributed by atoms with E-state index in [1.165, 1.54) is 10.4 Å². The molecule has 1 unspecified atom stereocenters. The smallest absolute Gasteiger partial charge is 0.0440 e. The zero-order valence-electron chi connectivity index (χ0n) is 11.0. The Morgan fingerprint density at radius 1 is 1.32 bits per heavy atom. The van der Waals surface area contributed by atoms with Crippen LogP contribution in [0.25, 0.3) is 0 Å². The maximum absolute atomic E-state index is 6.05. The van der Waals surface area contributed by atoms with Crippen LogP contribution in [0.5, 0.6) is 0 Å². The lowest BCUT2D eigenvalue weighted by Crippen LogP contribution is -2.24. The normalized spacial score (nSPS) is 12.9. The predicted molar refractivity (Wildman–Crippen MR) is 87.9 cm³/mol. The van der Waals surface area contributed by atoms with E-state index in [0.29, 0.717) is 12.0 Å². The molecule has 102 valence electrons. The molecule has 0 bridgehead atoms. The van der Waals surface area contributed by atoms with Crippen molar-refractivity contribution >= 4 is 38.9 Å². The molecule has 0 saturated carbocycles. The van der Waals surface area contributed by atoms with E-state index in [1.54, 1.807) is 11.3 Å². The topological polar surface area (TPSA) is 12.0 Å². The molecule has 4 heteroatoms. The summed E-state index contributed by atoms with van der Waals surface area (Å²) in [5.74, 6) is 0.552. The predicted octanol–water partition coefficient (Wildman–Crippen LogP) is 5.65. The van der Waals surface area contributed by atoms with Gasteiger partial charge in [-0.25, -0.2) is 0 Å². The zero-order chi connectivity index (χ0) is 13.8. The van der Waals surface area contributed by atoms with E-state index in [-0.39, 0.29) is 0 Å². The van der Waals surface area contributed by atoms with Crippen molar-refractivity contribution in [2.24, 2.45) is 5.92 Å². The largest absolute Gasteiger partial charge is 0.305 e. The second-order valence-corrected chi connectivity index (χ2v) is 7.12. The third-order valence-electron chi connectivity index (χ3n) is 3.04. The van der Waals surface area contributed by atoms with E-state index >= 15 is 0 Å². The van der Waals surface area contributed by atoms with Crippen LogP contribution in [-0.4, -0.2) is 0 Å². The molecule has 1 N–H and O–H groups in total. The van der Waals surface area contributed by atoms with Gasteiger partial charge < -0.3 is 5.32 Å². The molecule has 19 heavy (non-hydrogen) atoms. The van der Waals surface area contributed by atoms with Gasteiger partial charge in [0.15, 0.2) is 0 Å². The van der Waals surface area contributed by atoms with Crippen molar-refractivity contribution in [2.45, 2.75) is 26.4 Å². The van der Waals surface area contributed by atoms with Crippen molar-refractivity contribution in [3.63, 3.8) is 0 Å². The van der Waals surface area contributed by atoms with E-state index in [1.807, 2.05) is 18.2 Å². The van der Waals surface area contributed by atoms with Crippen LogP contribution >= 0.6 is 38.9 Å². The number of hydrogen-bond donors (Lipinski definition) is 1. The number of halogens is 2. The number of benzene rings is 1. The van der Waals surface area contributed by atoms with Gasteiger partial charge in [0.05, 0.1) is 0 Å². The third kappa shape index (κ3) is 4.06. The van der Waals surface area contributed by atoms with E-state index < -0.39 is 0 Å². The molecule has 2 rings (SSSR count). The van der Waals surface area contributed by atoms with Gasteiger partial charge in [-0.1, -0.05) is 47.4 Å². The van der Waals surface area contributed by atoms with Crippen LogP contribution in [0.2, 0.25) is 5.02 Å². The van der Waals surface area contributed by atoms with Crippen molar-refractivity contribution in [1.82, 2.24) is 5.32 Å². The molecular formula is C15H17BrClNS. The van der Waals surface area contributed by atoms with E-state index in [2.05, 4.69) is 52.6 Å². The molecule has 2 aromatic rings. The summed E-state index contributed by atoms with van der Waals surface area (Å²) in [6.45, 7) is 5.29. The quantitative estimate of drug-likeness (QED) is 0.728. The van der Waals surface area contributed by atoms with Gasteiger partial charge in [-0.2, -0.15) is 0 Å². The Bertz CT molecular complexity index is 525. The molecule has 1 aromatic heterocycles. The second-order valence-electron chi connectivity index (χ2n) is 4.85. The summed E-state index contributed by atoms with van der Waals surface area (Å²) in [6, 6.07) is 10.6. The molecule has 0 fully saturated rings. The lowest BCUT2D eigenvalue weighted by molar-refractivity contribution is 0.416. The summed E-state index contributed by atoms with van der Waals surface area (Å²) in [6.07, 6.45) is 0. The third-order valence-corrected chi connectivity index (χ3v) is 5.00. The molecule has 1 heterocycles. The van der Waals surface area contributed by atoms with Gasteiger partial charge in [-0.15, -0.1) is 11.3 Å². The van der Waals surface area contributed by atoms with Gasteiger partial charge in [0.1, 0.15) is 0 Å². The minimum absolute atomic E-state index is 0.380. The lowest BCUT2D eigenvalue weighted by Gasteiger charge is -2.21. The summed E-state index contributed by atoms with van der Waals surface area (Å²) >= 11 is 11.4. The fourth-order valence-corrected chi connectivity index (χ4v) is 3.59. The summed E-state index contributed by atoms with van der Waals surface area (Å²) in [4.78, 5) is 1.38. The summed E-state index contributed by atoms with van der Waals surface area (Å²) < 4.78 is 1.10. The first kappa shape index (κ1) is 15.0. The number of hydrogen-bond acceptors (Lipinski definition) is 2. The Labute approximate surface area is 132 Å². The van der Waals surface area contributed by atoms with Crippen LogP contribution in [0.3, 0.4) is 0 Å². The molecular weight excluding hydrogens is 342 g/mol. The molecule has 1 atom stereocenters. The first-order chi connectivity index (χ1) is 9.08.